The first-order chi connectivity index (χ1) is 11.9. The molecule has 0 N–H and O–H groups in total. The quantitative estimate of drug-likeness (QED) is 0.604. The molecule has 0 bridgehead atoms. The van der Waals surface area contributed by atoms with Crippen molar-refractivity contribution in [3.8, 4) is 28.0 Å². The molecule has 0 aliphatic heterocycles. The first kappa shape index (κ1) is 17.0. The summed E-state index contributed by atoms with van der Waals surface area (Å²) in [5, 5.41) is 0. The Bertz CT molecular complexity index is 903. The highest BCUT2D eigenvalue weighted by molar-refractivity contribution is 5.87. The number of para-hydroxylation sites is 1. The first-order valence-corrected chi connectivity index (χ1v) is 7.68. The number of methoxy groups -OCH3 is 1. The van der Waals surface area contributed by atoms with Gasteiger partial charge >= 0.3 is 6.18 Å². The van der Waals surface area contributed by atoms with Gasteiger partial charge in [0.15, 0.2) is 0 Å². The normalized spacial score (nSPS) is 11.4. The lowest BCUT2D eigenvalue weighted by Gasteiger charge is -2.16. The Morgan fingerprint density at radius 3 is 2.40 bits per heavy atom. The number of hydrogen-bond donors (Lipinski definition) is 0. The van der Waals surface area contributed by atoms with Crippen LogP contribution in [0.3, 0.4) is 0 Å². The van der Waals surface area contributed by atoms with Crippen LogP contribution in [-0.2, 0) is 6.18 Å². The summed E-state index contributed by atoms with van der Waals surface area (Å²) in [6.07, 6.45) is -2.75. The number of rotatable bonds is 3. The second-order valence-electron chi connectivity index (χ2n) is 5.60. The van der Waals surface area contributed by atoms with Crippen molar-refractivity contribution in [3.05, 3.63) is 72.1 Å². The summed E-state index contributed by atoms with van der Waals surface area (Å²) in [7, 11) is 1.57. The summed E-state index contributed by atoms with van der Waals surface area (Å²) in [5.41, 5.74) is 2.70. The molecule has 2 nitrogen and oxygen atoms in total. The predicted molar refractivity (Wildman–Crippen MR) is 91.4 cm³/mol. The van der Waals surface area contributed by atoms with Gasteiger partial charge in [-0.2, -0.15) is 13.2 Å². The first-order valence-electron chi connectivity index (χ1n) is 7.68. The van der Waals surface area contributed by atoms with Crippen LogP contribution in [0.4, 0.5) is 13.2 Å². The van der Waals surface area contributed by atoms with Gasteiger partial charge in [0.05, 0.1) is 12.7 Å². The van der Waals surface area contributed by atoms with E-state index < -0.39 is 11.7 Å². The summed E-state index contributed by atoms with van der Waals surface area (Å²) in [5.74, 6) is 0.654. The fourth-order valence-corrected chi connectivity index (χ4v) is 2.87. The van der Waals surface area contributed by atoms with Gasteiger partial charge in [0, 0.05) is 23.0 Å². The molecule has 3 aromatic rings. The van der Waals surface area contributed by atoms with Crippen molar-refractivity contribution >= 4 is 0 Å². The van der Waals surface area contributed by atoms with Crippen LogP contribution in [0.1, 0.15) is 11.3 Å². The molecular weight excluding hydrogens is 327 g/mol. The topological polar surface area (TPSA) is 22.1 Å². The lowest BCUT2D eigenvalue weighted by molar-refractivity contribution is -0.137. The molecule has 5 heteroatoms. The minimum absolute atomic E-state index is 0.473. The highest BCUT2D eigenvalue weighted by atomic mass is 19.4. The third-order valence-corrected chi connectivity index (χ3v) is 4.02. The van der Waals surface area contributed by atoms with Crippen LogP contribution in [0.15, 0.2) is 60.8 Å². The Labute approximate surface area is 143 Å². The van der Waals surface area contributed by atoms with Crippen LogP contribution >= 0.6 is 0 Å². The van der Waals surface area contributed by atoms with E-state index in [9.17, 15) is 13.2 Å². The van der Waals surface area contributed by atoms with Crippen LogP contribution in [0, 0.1) is 6.92 Å². The molecule has 0 atom stereocenters. The molecule has 25 heavy (non-hydrogen) atoms. The Kier molecular flexibility index (Phi) is 4.49. The molecule has 1 heterocycles. The Morgan fingerprint density at radius 2 is 1.68 bits per heavy atom. The maximum Gasteiger partial charge on any atom is 0.416 e. The van der Waals surface area contributed by atoms with Crippen LogP contribution in [0.2, 0.25) is 0 Å². The van der Waals surface area contributed by atoms with Gasteiger partial charge in [0.2, 0.25) is 0 Å². The summed E-state index contributed by atoms with van der Waals surface area (Å²) >= 11 is 0. The lowest BCUT2D eigenvalue weighted by Crippen LogP contribution is -2.05. The number of ether oxygens (including phenoxy) is 1. The predicted octanol–water partition coefficient (Wildman–Crippen LogP) is 5.75. The average Bonchev–Trinajstić information content (AvgIpc) is 2.61. The van der Waals surface area contributed by atoms with Gasteiger partial charge in [-0.25, -0.2) is 0 Å². The molecule has 0 fully saturated rings. The Balaban J connectivity index is 2.25. The average molecular weight is 343 g/mol. The van der Waals surface area contributed by atoms with Crippen LogP contribution < -0.4 is 4.74 Å². The molecule has 0 aliphatic rings. The molecule has 3 rings (SSSR count). The molecule has 0 saturated heterocycles. The summed E-state index contributed by atoms with van der Waals surface area (Å²) in [6, 6.07) is 14.5. The van der Waals surface area contributed by atoms with Gasteiger partial charge in [-0.05, 0) is 42.3 Å². The molecule has 0 amide bonds. The fraction of sp³-hybridized carbons (Fsp3) is 0.150. The van der Waals surface area contributed by atoms with Crippen molar-refractivity contribution < 1.29 is 17.9 Å². The van der Waals surface area contributed by atoms with Crippen molar-refractivity contribution in [2.24, 2.45) is 0 Å². The molecule has 0 saturated carbocycles. The maximum absolute atomic E-state index is 13.1. The van der Waals surface area contributed by atoms with E-state index in [0.29, 0.717) is 22.6 Å². The molecular formula is C20H16F3NO. The van der Waals surface area contributed by atoms with Crippen molar-refractivity contribution in [1.29, 1.82) is 0 Å². The molecule has 2 aromatic carbocycles. The number of pyridine rings is 1. The Morgan fingerprint density at radius 1 is 0.920 bits per heavy atom. The van der Waals surface area contributed by atoms with Gasteiger partial charge in [-0.1, -0.05) is 30.3 Å². The minimum Gasteiger partial charge on any atom is -0.496 e. The van der Waals surface area contributed by atoms with E-state index in [1.54, 1.807) is 32.4 Å². The lowest BCUT2D eigenvalue weighted by atomic mass is 9.92. The van der Waals surface area contributed by atoms with E-state index in [1.807, 2.05) is 24.3 Å². The highest BCUT2D eigenvalue weighted by Gasteiger charge is 2.30. The van der Waals surface area contributed by atoms with Gasteiger partial charge in [0.1, 0.15) is 5.75 Å². The van der Waals surface area contributed by atoms with Gasteiger partial charge in [-0.3, -0.25) is 4.98 Å². The standard InChI is InChI=1S/C20H16F3NO/c1-13-19(14-6-5-7-15(12-14)20(21,22)23)17(10-11-24-13)16-8-3-4-9-18(16)25-2/h3-12H,1-2H3. The molecule has 0 radical (unpaired) electrons. The van der Waals surface area contributed by atoms with Crippen molar-refractivity contribution in [1.82, 2.24) is 4.98 Å². The number of hydrogen-bond acceptors (Lipinski definition) is 2. The van der Waals surface area contributed by atoms with Gasteiger partial charge in [0.25, 0.3) is 0 Å². The van der Waals surface area contributed by atoms with E-state index in [-0.39, 0.29) is 0 Å². The molecule has 0 aliphatic carbocycles. The highest BCUT2D eigenvalue weighted by Crippen LogP contribution is 2.40. The number of benzene rings is 2. The van der Waals surface area contributed by atoms with Crippen LogP contribution in [-0.4, -0.2) is 12.1 Å². The molecule has 0 unspecified atom stereocenters. The summed E-state index contributed by atoms with van der Waals surface area (Å²) < 4.78 is 44.7. The number of aryl methyl sites for hydroxylation is 1. The largest absolute Gasteiger partial charge is 0.496 e. The van der Waals surface area contributed by atoms with Crippen molar-refractivity contribution in [2.45, 2.75) is 13.1 Å². The minimum atomic E-state index is -4.39. The SMILES string of the molecule is COc1ccccc1-c1ccnc(C)c1-c1cccc(C(F)(F)F)c1. The van der Waals surface area contributed by atoms with Crippen LogP contribution in [0.25, 0.3) is 22.3 Å². The zero-order chi connectivity index (χ0) is 18.0. The van der Waals surface area contributed by atoms with E-state index in [2.05, 4.69) is 4.98 Å². The van der Waals surface area contributed by atoms with Crippen LogP contribution in [0.5, 0.6) is 5.75 Å². The molecule has 0 spiro atoms. The number of aromatic nitrogens is 1. The second kappa shape index (κ2) is 6.59. The third-order valence-electron chi connectivity index (χ3n) is 4.02. The zero-order valence-corrected chi connectivity index (χ0v) is 13.8. The van der Waals surface area contributed by atoms with E-state index in [4.69, 9.17) is 4.74 Å². The smallest absolute Gasteiger partial charge is 0.416 e. The maximum atomic E-state index is 13.1. The molecule has 1 aromatic heterocycles. The fourth-order valence-electron chi connectivity index (χ4n) is 2.87. The number of nitrogens with zero attached hydrogens (tertiary/aromatic N) is 1. The number of halogens is 3. The monoisotopic (exact) mass is 343 g/mol. The van der Waals surface area contributed by atoms with Crippen molar-refractivity contribution in [2.75, 3.05) is 7.11 Å². The number of alkyl halides is 3. The Hall–Kier alpha value is -2.82. The second-order valence-corrected chi connectivity index (χ2v) is 5.60. The third kappa shape index (κ3) is 3.36. The van der Waals surface area contributed by atoms with E-state index in [0.717, 1.165) is 23.3 Å². The van der Waals surface area contributed by atoms with Gasteiger partial charge in [-0.15, -0.1) is 0 Å². The van der Waals surface area contributed by atoms with E-state index >= 15 is 0 Å². The molecule has 128 valence electrons. The van der Waals surface area contributed by atoms with E-state index in [1.165, 1.54) is 6.07 Å². The zero-order valence-electron chi connectivity index (χ0n) is 13.8. The van der Waals surface area contributed by atoms with Crippen molar-refractivity contribution in [3.63, 3.8) is 0 Å². The summed E-state index contributed by atoms with van der Waals surface area (Å²) in [4.78, 5) is 4.27. The summed E-state index contributed by atoms with van der Waals surface area (Å²) in [6.45, 7) is 1.79. The van der Waals surface area contributed by atoms with Gasteiger partial charge < -0.3 is 4.74 Å².